The molecule has 13 heteroatoms. The van der Waals surface area contributed by atoms with E-state index in [1.807, 2.05) is 6.92 Å². The Morgan fingerprint density at radius 3 is 2.45 bits per heavy atom. The molecule has 1 saturated heterocycles. The molecule has 3 heterocycles. The number of nitrogens with one attached hydrogen (secondary N) is 1. The van der Waals surface area contributed by atoms with E-state index in [1.165, 1.54) is 24.3 Å². The van der Waals surface area contributed by atoms with E-state index in [9.17, 15) is 26.7 Å². The Morgan fingerprint density at radius 2 is 1.94 bits per heavy atom. The quantitative estimate of drug-likeness (QED) is 0.679. The van der Waals surface area contributed by atoms with Gasteiger partial charge in [0.2, 0.25) is 16.0 Å². The van der Waals surface area contributed by atoms with E-state index in [4.69, 9.17) is 0 Å². The molecular formula is C18H24F3N5O3S2. The van der Waals surface area contributed by atoms with Crippen LogP contribution in [0.5, 0.6) is 0 Å². The van der Waals surface area contributed by atoms with Gasteiger partial charge in [-0.25, -0.2) is 27.7 Å². The first-order valence-electron chi connectivity index (χ1n) is 9.51. The third-order valence-corrected chi connectivity index (χ3v) is 7.64. The third kappa shape index (κ3) is 5.51. The number of aromatic nitrogens is 3. The van der Waals surface area contributed by atoms with Gasteiger partial charge in [-0.1, -0.05) is 6.92 Å². The van der Waals surface area contributed by atoms with Crippen molar-refractivity contribution in [3.8, 4) is 10.7 Å². The number of aliphatic hydroxyl groups is 1. The first kappa shape index (κ1) is 23.8. The van der Waals surface area contributed by atoms with Crippen LogP contribution in [-0.2, 0) is 21.8 Å². The maximum atomic E-state index is 13.5. The highest BCUT2D eigenvalue weighted by Gasteiger charge is 2.37. The highest BCUT2D eigenvalue weighted by molar-refractivity contribution is 7.88. The zero-order chi connectivity index (χ0) is 23.2. The van der Waals surface area contributed by atoms with Gasteiger partial charge in [0, 0.05) is 31.5 Å². The molecule has 0 spiro atoms. The topological polar surface area (TPSA) is 108 Å². The van der Waals surface area contributed by atoms with Gasteiger partial charge in [0.05, 0.1) is 16.7 Å². The molecule has 0 radical (unpaired) electrons. The minimum absolute atomic E-state index is 0.00710. The first-order chi connectivity index (χ1) is 14.2. The Kier molecular flexibility index (Phi) is 6.35. The van der Waals surface area contributed by atoms with Crippen molar-refractivity contribution in [3.63, 3.8) is 0 Å². The second-order valence-corrected chi connectivity index (χ2v) is 11.2. The van der Waals surface area contributed by atoms with Gasteiger partial charge < -0.3 is 10.4 Å². The van der Waals surface area contributed by atoms with E-state index in [0.29, 0.717) is 30.6 Å². The van der Waals surface area contributed by atoms with Crippen LogP contribution >= 0.6 is 11.3 Å². The molecule has 2 aromatic heterocycles. The Bertz CT molecular complexity index is 1050. The predicted molar refractivity (Wildman–Crippen MR) is 111 cm³/mol. The van der Waals surface area contributed by atoms with Crippen LogP contribution < -0.4 is 5.32 Å². The Morgan fingerprint density at radius 1 is 1.26 bits per heavy atom. The Hall–Kier alpha value is -1.83. The monoisotopic (exact) mass is 479 g/mol. The molecule has 2 aromatic rings. The molecular weight excluding hydrogens is 455 g/mol. The zero-order valence-corrected chi connectivity index (χ0v) is 19.1. The van der Waals surface area contributed by atoms with E-state index in [2.05, 4.69) is 20.3 Å². The maximum absolute atomic E-state index is 13.5. The SMILES string of the molecule is C[C@@H]1CN(S(C)(=O)=O)CC[C@@H]1Nc1ncc(C(F)(F)F)c(-c2ncc(C(C)(C)O)s2)n1. The van der Waals surface area contributed by atoms with Crippen LogP contribution in [0.3, 0.4) is 0 Å². The third-order valence-electron chi connectivity index (χ3n) is 5.06. The smallest absolute Gasteiger partial charge is 0.385 e. The summed E-state index contributed by atoms with van der Waals surface area (Å²) >= 11 is 0.929. The number of nitrogens with zero attached hydrogens (tertiary/aromatic N) is 4. The number of alkyl halides is 3. The standard InChI is InChI=1S/C18H24F3N5O3S2/c1-10-9-26(31(4,28)29)6-5-12(10)24-16-23-7-11(18(19,20)21)14(25-16)15-22-8-13(30-15)17(2,3)27/h7-8,10,12,27H,5-6,9H2,1-4H3,(H,23,24,25)/t10-,12+/m1/s1. The van der Waals surface area contributed by atoms with Gasteiger partial charge >= 0.3 is 6.18 Å². The van der Waals surface area contributed by atoms with Gasteiger partial charge in [-0.15, -0.1) is 11.3 Å². The summed E-state index contributed by atoms with van der Waals surface area (Å²) in [5.74, 6) is -0.0906. The summed E-state index contributed by atoms with van der Waals surface area (Å²) in [7, 11) is -3.31. The lowest BCUT2D eigenvalue weighted by Crippen LogP contribution is -2.47. The van der Waals surface area contributed by atoms with Crippen LogP contribution in [0.4, 0.5) is 19.1 Å². The normalized spacial score (nSPS) is 21.3. The number of halogens is 3. The summed E-state index contributed by atoms with van der Waals surface area (Å²) in [6.45, 7) is 5.50. The molecule has 8 nitrogen and oxygen atoms in total. The van der Waals surface area contributed by atoms with Crippen LogP contribution in [0.2, 0.25) is 0 Å². The van der Waals surface area contributed by atoms with Gasteiger partial charge in [0.1, 0.15) is 16.3 Å². The van der Waals surface area contributed by atoms with Crippen LogP contribution in [0.1, 0.15) is 37.6 Å². The van der Waals surface area contributed by atoms with Crippen LogP contribution in [-0.4, -0.2) is 58.2 Å². The van der Waals surface area contributed by atoms with Crippen molar-refractivity contribution in [2.24, 2.45) is 5.92 Å². The number of piperidine rings is 1. The van der Waals surface area contributed by atoms with Crippen molar-refractivity contribution in [2.45, 2.75) is 45.0 Å². The lowest BCUT2D eigenvalue weighted by Gasteiger charge is -2.35. The number of hydrogen-bond donors (Lipinski definition) is 2. The molecule has 31 heavy (non-hydrogen) atoms. The molecule has 2 N–H and O–H groups in total. The number of rotatable bonds is 5. The van der Waals surface area contributed by atoms with E-state index in [-0.39, 0.29) is 28.6 Å². The summed E-state index contributed by atoms with van der Waals surface area (Å²) < 4.78 is 65.5. The summed E-state index contributed by atoms with van der Waals surface area (Å²) in [6.07, 6.45) is -1.02. The van der Waals surface area contributed by atoms with Gasteiger partial charge in [-0.3, -0.25) is 0 Å². The Balaban J connectivity index is 1.90. The second kappa shape index (κ2) is 8.26. The molecule has 2 atom stereocenters. The molecule has 3 rings (SSSR count). The van der Waals surface area contributed by atoms with Gasteiger partial charge in [-0.2, -0.15) is 13.2 Å². The minimum Gasteiger partial charge on any atom is -0.385 e. The molecule has 1 aliphatic rings. The van der Waals surface area contributed by atoms with Crippen LogP contribution in [0.15, 0.2) is 12.4 Å². The molecule has 0 saturated carbocycles. The van der Waals surface area contributed by atoms with E-state index in [1.54, 1.807) is 0 Å². The molecule has 0 amide bonds. The molecule has 0 aromatic carbocycles. The van der Waals surface area contributed by atoms with Gasteiger partial charge in [0.15, 0.2) is 0 Å². The van der Waals surface area contributed by atoms with Crippen LogP contribution in [0, 0.1) is 5.92 Å². The summed E-state index contributed by atoms with van der Waals surface area (Å²) in [5.41, 5.74) is -2.63. The zero-order valence-electron chi connectivity index (χ0n) is 17.4. The number of thiazole rings is 1. The van der Waals surface area contributed by atoms with Crippen molar-refractivity contribution in [1.82, 2.24) is 19.3 Å². The van der Waals surface area contributed by atoms with E-state index in [0.717, 1.165) is 17.6 Å². The highest BCUT2D eigenvalue weighted by atomic mass is 32.2. The molecule has 172 valence electrons. The highest BCUT2D eigenvalue weighted by Crippen LogP contribution is 2.39. The average molecular weight is 480 g/mol. The summed E-state index contributed by atoms with van der Waals surface area (Å²) in [6, 6.07) is -0.203. The number of anilines is 1. The van der Waals surface area contributed by atoms with Crippen molar-refractivity contribution in [2.75, 3.05) is 24.7 Å². The molecule has 0 unspecified atom stereocenters. The fourth-order valence-corrected chi connectivity index (χ4v) is 5.14. The van der Waals surface area contributed by atoms with Crippen molar-refractivity contribution in [1.29, 1.82) is 0 Å². The van der Waals surface area contributed by atoms with E-state index >= 15 is 0 Å². The predicted octanol–water partition coefficient (Wildman–Crippen LogP) is 2.93. The largest absolute Gasteiger partial charge is 0.420 e. The molecule has 0 bridgehead atoms. The first-order valence-corrected chi connectivity index (χ1v) is 12.2. The average Bonchev–Trinajstić information content (AvgIpc) is 3.12. The Labute approximate surface area is 182 Å². The minimum atomic E-state index is -4.68. The maximum Gasteiger partial charge on any atom is 0.420 e. The van der Waals surface area contributed by atoms with Crippen molar-refractivity contribution in [3.05, 3.63) is 22.8 Å². The van der Waals surface area contributed by atoms with Gasteiger partial charge in [-0.05, 0) is 26.2 Å². The fraction of sp³-hybridized carbons (Fsp3) is 0.611. The summed E-state index contributed by atoms with van der Waals surface area (Å²) in [4.78, 5) is 12.4. The summed E-state index contributed by atoms with van der Waals surface area (Å²) in [5, 5.41) is 13.2. The number of sulfonamides is 1. The van der Waals surface area contributed by atoms with Crippen molar-refractivity contribution >= 4 is 27.3 Å². The second-order valence-electron chi connectivity index (χ2n) is 8.18. The molecule has 1 fully saturated rings. The van der Waals surface area contributed by atoms with Crippen molar-refractivity contribution < 1.29 is 26.7 Å². The van der Waals surface area contributed by atoms with Crippen LogP contribution in [0.25, 0.3) is 10.7 Å². The lowest BCUT2D eigenvalue weighted by atomic mass is 9.95. The lowest BCUT2D eigenvalue weighted by molar-refractivity contribution is -0.137. The van der Waals surface area contributed by atoms with Gasteiger partial charge in [0.25, 0.3) is 0 Å². The molecule has 0 aliphatic carbocycles. The van der Waals surface area contributed by atoms with E-state index < -0.39 is 27.4 Å². The molecule has 1 aliphatic heterocycles. The number of hydrogen-bond acceptors (Lipinski definition) is 8. The fourth-order valence-electron chi connectivity index (χ4n) is 3.28.